The molecule has 2 aliphatic heterocycles. The maximum atomic E-state index is 11.2. The van der Waals surface area contributed by atoms with Crippen molar-refractivity contribution in [2.24, 2.45) is 15.0 Å². The van der Waals surface area contributed by atoms with Crippen molar-refractivity contribution < 1.29 is 4.79 Å². The van der Waals surface area contributed by atoms with Gasteiger partial charge in [-0.3, -0.25) is 4.79 Å². The van der Waals surface area contributed by atoms with E-state index in [-0.39, 0.29) is 5.91 Å². The zero-order chi connectivity index (χ0) is 8.72. The van der Waals surface area contributed by atoms with Crippen molar-refractivity contribution in [2.45, 2.75) is 0 Å². The lowest BCUT2D eigenvalue weighted by molar-refractivity contribution is -0.113. The highest BCUT2D eigenvalue weighted by Crippen LogP contribution is 2.27. The first-order valence-corrected chi connectivity index (χ1v) is 4.58. The largest absolute Gasteiger partial charge is 0.283 e. The van der Waals surface area contributed by atoms with Gasteiger partial charge in [0.25, 0.3) is 5.91 Å². The van der Waals surface area contributed by atoms with Gasteiger partial charge >= 0.3 is 0 Å². The summed E-state index contributed by atoms with van der Waals surface area (Å²) in [6, 6.07) is 0. The SMILES string of the molecule is O=C1N=CN=C2N=C(Br)C(Br)=C12. The Balaban J connectivity index is 2.63. The average molecular weight is 291 g/mol. The van der Waals surface area contributed by atoms with E-state index in [1.807, 2.05) is 0 Å². The maximum absolute atomic E-state index is 11.2. The van der Waals surface area contributed by atoms with Crippen molar-refractivity contribution in [3.8, 4) is 0 Å². The van der Waals surface area contributed by atoms with E-state index in [4.69, 9.17) is 0 Å². The first kappa shape index (κ1) is 8.00. The molecule has 0 aliphatic carbocycles. The quantitative estimate of drug-likeness (QED) is 0.665. The Kier molecular flexibility index (Phi) is 1.80. The van der Waals surface area contributed by atoms with E-state index in [9.17, 15) is 4.79 Å². The summed E-state index contributed by atoms with van der Waals surface area (Å²) in [6.45, 7) is 0. The number of hydrogen-bond acceptors (Lipinski definition) is 3. The second kappa shape index (κ2) is 2.70. The van der Waals surface area contributed by atoms with Crippen molar-refractivity contribution in [3.63, 3.8) is 0 Å². The third-order valence-electron chi connectivity index (χ3n) is 1.40. The van der Waals surface area contributed by atoms with Crippen LogP contribution in [0.5, 0.6) is 0 Å². The van der Waals surface area contributed by atoms with Crippen LogP contribution in [0.1, 0.15) is 0 Å². The lowest BCUT2D eigenvalue weighted by Crippen LogP contribution is -2.11. The van der Waals surface area contributed by atoms with Crippen LogP contribution in [0.2, 0.25) is 0 Å². The van der Waals surface area contributed by atoms with Gasteiger partial charge in [-0.1, -0.05) is 0 Å². The minimum absolute atomic E-state index is 0.315. The molecule has 0 radical (unpaired) electrons. The van der Waals surface area contributed by atoms with Crippen molar-refractivity contribution in [1.82, 2.24) is 0 Å². The second-order valence-corrected chi connectivity index (χ2v) is 3.64. The van der Waals surface area contributed by atoms with Gasteiger partial charge < -0.3 is 0 Å². The fourth-order valence-electron chi connectivity index (χ4n) is 0.883. The highest BCUT2D eigenvalue weighted by Gasteiger charge is 2.28. The summed E-state index contributed by atoms with van der Waals surface area (Å²) >= 11 is 6.39. The predicted octanol–water partition coefficient (Wildman–Crippen LogP) is 1.41. The molecule has 6 heteroatoms. The van der Waals surface area contributed by atoms with E-state index in [0.29, 0.717) is 20.5 Å². The van der Waals surface area contributed by atoms with Crippen LogP contribution in [0.4, 0.5) is 0 Å². The van der Waals surface area contributed by atoms with Gasteiger partial charge in [-0.25, -0.2) is 9.98 Å². The number of amidine groups is 1. The molecule has 0 bridgehead atoms. The Morgan fingerprint density at radius 1 is 1.33 bits per heavy atom. The van der Waals surface area contributed by atoms with Crippen molar-refractivity contribution in [1.29, 1.82) is 0 Å². The molecule has 0 atom stereocenters. The number of rotatable bonds is 0. The molecule has 12 heavy (non-hydrogen) atoms. The molecular formula is C6HBr2N3O. The van der Waals surface area contributed by atoms with E-state index in [1.165, 1.54) is 6.34 Å². The molecule has 0 spiro atoms. The molecule has 2 aliphatic rings. The van der Waals surface area contributed by atoms with E-state index >= 15 is 0 Å². The van der Waals surface area contributed by atoms with E-state index in [1.54, 1.807) is 0 Å². The molecule has 2 rings (SSSR count). The maximum Gasteiger partial charge on any atom is 0.283 e. The van der Waals surface area contributed by atoms with Crippen LogP contribution in [0.3, 0.4) is 0 Å². The summed E-state index contributed by atoms with van der Waals surface area (Å²) in [7, 11) is 0. The molecule has 1 amide bonds. The van der Waals surface area contributed by atoms with Crippen molar-refractivity contribution in [3.05, 3.63) is 10.1 Å². The number of amides is 1. The number of carbonyl (C=O) groups excluding carboxylic acids is 1. The zero-order valence-electron chi connectivity index (χ0n) is 5.58. The summed E-state index contributed by atoms with van der Waals surface area (Å²) in [5, 5.41) is 0. The fourth-order valence-corrected chi connectivity index (χ4v) is 1.68. The molecular weight excluding hydrogens is 290 g/mol. The van der Waals surface area contributed by atoms with Crippen molar-refractivity contribution >= 4 is 54.6 Å². The molecule has 60 valence electrons. The molecule has 0 saturated carbocycles. The Bertz CT molecular complexity index is 392. The molecule has 0 fully saturated rings. The van der Waals surface area contributed by atoms with E-state index in [2.05, 4.69) is 46.8 Å². The molecule has 0 saturated heterocycles. The fraction of sp³-hybridized carbons (Fsp3) is 0. The normalized spacial score (nSPS) is 21.0. The van der Waals surface area contributed by atoms with Gasteiger partial charge in [0, 0.05) is 0 Å². The Morgan fingerprint density at radius 3 is 2.75 bits per heavy atom. The van der Waals surface area contributed by atoms with Crippen LogP contribution in [0, 0.1) is 0 Å². The first-order chi connectivity index (χ1) is 5.70. The van der Waals surface area contributed by atoms with Crippen LogP contribution in [-0.2, 0) is 4.79 Å². The van der Waals surface area contributed by atoms with Gasteiger partial charge in [-0.2, -0.15) is 4.99 Å². The van der Waals surface area contributed by atoms with Crippen LogP contribution >= 0.6 is 31.9 Å². The molecule has 0 aromatic carbocycles. The Labute approximate surface area is 84.4 Å². The van der Waals surface area contributed by atoms with Gasteiger partial charge in [-0.15, -0.1) is 0 Å². The van der Waals surface area contributed by atoms with Crippen LogP contribution < -0.4 is 0 Å². The summed E-state index contributed by atoms with van der Waals surface area (Å²) < 4.78 is 1.19. The number of hydrogen-bond donors (Lipinski definition) is 0. The highest BCUT2D eigenvalue weighted by molar-refractivity contribution is 9.21. The second-order valence-electron chi connectivity index (χ2n) is 2.09. The Morgan fingerprint density at radius 2 is 2.08 bits per heavy atom. The van der Waals surface area contributed by atoms with Gasteiger partial charge in [0.05, 0.1) is 4.48 Å². The number of halogens is 2. The number of fused-ring (bicyclic) bond motifs is 1. The van der Waals surface area contributed by atoms with Gasteiger partial charge in [-0.05, 0) is 31.9 Å². The van der Waals surface area contributed by atoms with Crippen LogP contribution in [0.15, 0.2) is 25.0 Å². The third-order valence-corrected chi connectivity index (χ3v) is 3.28. The molecule has 4 nitrogen and oxygen atoms in total. The summed E-state index contributed by atoms with van der Waals surface area (Å²) in [4.78, 5) is 22.5. The Hall–Kier alpha value is -0.620. The topological polar surface area (TPSA) is 54.1 Å². The lowest BCUT2D eigenvalue weighted by Gasteiger charge is -2.00. The number of aliphatic imine (C=N–C) groups is 3. The molecule has 2 heterocycles. The summed E-state index contributed by atoms with van der Waals surface area (Å²) in [5.41, 5.74) is 0.421. The molecule has 0 aromatic heterocycles. The number of allylic oxidation sites excluding steroid dienone is 1. The average Bonchev–Trinajstić information content (AvgIpc) is 2.29. The lowest BCUT2D eigenvalue weighted by atomic mass is 10.2. The molecule has 0 unspecified atom stereocenters. The standard InChI is InChI=1S/C6HBr2N3O/c7-3-2-5(11-4(3)8)9-1-10-6(2)12/h1H. The minimum Gasteiger partial charge on any atom is -0.267 e. The number of nitrogens with zero attached hydrogens (tertiary/aromatic N) is 3. The smallest absolute Gasteiger partial charge is 0.267 e. The minimum atomic E-state index is -0.315. The monoisotopic (exact) mass is 289 g/mol. The van der Waals surface area contributed by atoms with Gasteiger partial charge in [0.1, 0.15) is 16.5 Å². The van der Waals surface area contributed by atoms with Crippen LogP contribution in [0.25, 0.3) is 0 Å². The van der Waals surface area contributed by atoms with Crippen molar-refractivity contribution in [2.75, 3.05) is 0 Å². The third kappa shape index (κ3) is 1.02. The summed E-state index contributed by atoms with van der Waals surface area (Å²) in [6.07, 6.45) is 1.20. The molecule has 0 N–H and O–H groups in total. The number of carbonyl (C=O) groups is 1. The first-order valence-electron chi connectivity index (χ1n) is 2.99. The molecule has 0 aromatic rings. The van der Waals surface area contributed by atoms with E-state index in [0.717, 1.165) is 0 Å². The van der Waals surface area contributed by atoms with Crippen LogP contribution in [-0.4, -0.2) is 22.7 Å². The predicted molar refractivity (Wildman–Crippen MR) is 53.2 cm³/mol. The highest BCUT2D eigenvalue weighted by atomic mass is 79.9. The summed E-state index contributed by atoms with van der Waals surface area (Å²) in [5.74, 6) is 0.0961. The van der Waals surface area contributed by atoms with Gasteiger partial charge in [0.15, 0.2) is 5.84 Å². The van der Waals surface area contributed by atoms with Gasteiger partial charge in [0.2, 0.25) is 0 Å². The zero-order valence-corrected chi connectivity index (χ0v) is 8.76. The van der Waals surface area contributed by atoms with E-state index < -0.39 is 0 Å².